The van der Waals surface area contributed by atoms with Gasteiger partial charge in [0.05, 0.1) is 19.8 Å². The van der Waals surface area contributed by atoms with Gasteiger partial charge in [0.25, 0.3) is 11.9 Å². The summed E-state index contributed by atoms with van der Waals surface area (Å²) in [6.07, 6.45) is -0.762. The lowest BCUT2D eigenvalue weighted by atomic mass is 10.2. The summed E-state index contributed by atoms with van der Waals surface area (Å²) in [7, 11) is 1.58. The van der Waals surface area contributed by atoms with E-state index in [1.54, 1.807) is 24.1 Å². The van der Waals surface area contributed by atoms with Crippen LogP contribution in [0.25, 0.3) is 0 Å². The average Bonchev–Trinajstić information content (AvgIpc) is 3.27. The van der Waals surface area contributed by atoms with Crippen LogP contribution in [0.1, 0.15) is 11.1 Å². The molecule has 12 heteroatoms. The minimum absolute atomic E-state index is 0.0980. The summed E-state index contributed by atoms with van der Waals surface area (Å²) in [5, 5.41) is 12.6. The van der Waals surface area contributed by atoms with Crippen molar-refractivity contribution in [3.05, 3.63) is 85.5 Å². The number of benzene rings is 2. The molecule has 1 unspecified atom stereocenters. The van der Waals surface area contributed by atoms with Gasteiger partial charge in [0.1, 0.15) is 23.9 Å². The van der Waals surface area contributed by atoms with Crippen LogP contribution in [0.3, 0.4) is 0 Å². The van der Waals surface area contributed by atoms with Gasteiger partial charge in [-0.1, -0.05) is 35.9 Å². The number of morpholine rings is 1. The third-order valence-electron chi connectivity index (χ3n) is 6.68. The van der Waals surface area contributed by atoms with E-state index in [1.807, 2.05) is 30.3 Å². The predicted molar refractivity (Wildman–Crippen MR) is 143 cm³/mol. The quantitative estimate of drug-likeness (QED) is 0.310. The lowest BCUT2D eigenvalue weighted by Crippen LogP contribution is -2.44. The highest BCUT2D eigenvalue weighted by atomic mass is 35.5. The minimum atomic E-state index is -0.762. The zero-order valence-corrected chi connectivity index (χ0v) is 21.8. The van der Waals surface area contributed by atoms with Crippen molar-refractivity contribution < 1.29 is 19.6 Å². The Morgan fingerprint density at radius 1 is 1.08 bits per heavy atom. The van der Waals surface area contributed by atoms with Gasteiger partial charge in [-0.15, -0.1) is 0 Å². The summed E-state index contributed by atoms with van der Waals surface area (Å²) >= 11 is 6.08. The van der Waals surface area contributed by atoms with Crippen LogP contribution in [0.4, 0.5) is 11.5 Å². The average molecular weight is 544 g/mol. The van der Waals surface area contributed by atoms with E-state index in [9.17, 15) is 9.59 Å². The molecule has 1 fully saturated rings. The number of ether oxygens (including phenoxy) is 2. The van der Waals surface area contributed by atoms with Gasteiger partial charge in [-0.05, 0) is 35.4 Å². The van der Waals surface area contributed by atoms with E-state index >= 15 is 0 Å². The summed E-state index contributed by atoms with van der Waals surface area (Å²) in [6.45, 7) is 4.00. The zero-order chi connectivity index (χ0) is 26.6. The Morgan fingerprint density at radius 3 is 2.58 bits per heavy atom. The summed E-state index contributed by atoms with van der Waals surface area (Å²) < 4.78 is 14.2. The molecule has 0 bridgehead atoms. The number of aromatic nitrogens is 2. The molecule has 5 rings (SSSR count). The van der Waals surface area contributed by atoms with Crippen LogP contribution >= 0.6 is 11.6 Å². The van der Waals surface area contributed by atoms with Crippen molar-refractivity contribution >= 4 is 23.1 Å². The second-order valence-corrected chi connectivity index (χ2v) is 9.67. The second kappa shape index (κ2) is 11.6. The first-order valence-corrected chi connectivity index (χ1v) is 12.8. The lowest BCUT2D eigenvalue weighted by molar-refractivity contribution is -0.244. The molecule has 2 aliphatic rings. The highest BCUT2D eigenvalue weighted by molar-refractivity contribution is 6.30. The second-order valence-electron chi connectivity index (χ2n) is 9.23. The standard InChI is InChI=1S/C26H30ClN5O6/c1-29-23-22(24(33)31(26(29)34)11-14-37-35)32(17-18-5-7-20(27)8-6-18)25(28-23)38-21-4-2-3-19(15-21)16-30-9-12-36-13-10-30/h2-8,15,25,28,35H,9-14,16-17H2,1H3. The molecule has 0 spiro atoms. The van der Waals surface area contributed by atoms with Crippen LogP contribution in [0, 0.1) is 0 Å². The Balaban J connectivity index is 1.47. The number of hydrogen-bond donors (Lipinski definition) is 2. The fourth-order valence-electron chi connectivity index (χ4n) is 4.72. The van der Waals surface area contributed by atoms with Gasteiger partial charge in [-0.3, -0.25) is 24.1 Å². The summed E-state index contributed by atoms with van der Waals surface area (Å²) in [6, 6.07) is 15.2. The van der Waals surface area contributed by atoms with E-state index in [0.717, 1.165) is 48.5 Å². The van der Waals surface area contributed by atoms with Crippen molar-refractivity contribution in [2.45, 2.75) is 26.0 Å². The van der Waals surface area contributed by atoms with Gasteiger partial charge in [0.15, 0.2) is 0 Å². The van der Waals surface area contributed by atoms with E-state index < -0.39 is 17.6 Å². The number of nitrogens with zero attached hydrogens (tertiary/aromatic N) is 4. The Morgan fingerprint density at radius 2 is 1.84 bits per heavy atom. The largest absolute Gasteiger partial charge is 0.452 e. The van der Waals surface area contributed by atoms with Gasteiger partial charge < -0.3 is 19.7 Å². The Labute approximate surface area is 224 Å². The molecular weight excluding hydrogens is 514 g/mol. The van der Waals surface area contributed by atoms with Crippen LogP contribution in [0.15, 0.2) is 58.1 Å². The Bertz CT molecular complexity index is 1390. The zero-order valence-electron chi connectivity index (χ0n) is 21.0. The van der Waals surface area contributed by atoms with Crippen molar-refractivity contribution in [3.63, 3.8) is 0 Å². The first-order valence-electron chi connectivity index (χ1n) is 12.4. The molecule has 202 valence electrons. The normalized spacial score (nSPS) is 17.3. The first-order chi connectivity index (χ1) is 18.4. The molecule has 0 aliphatic carbocycles. The van der Waals surface area contributed by atoms with Crippen LogP contribution < -0.4 is 26.2 Å². The number of fused-ring (bicyclic) bond motifs is 1. The smallest absolute Gasteiger partial charge is 0.332 e. The summed E-state index contributed by atoms with van der Waals surface area (Å²) in [5.41, 5.74) is 1.25. The highest BCUT2D eigenvalue weighted by Gasteiger charge is 2.36. The van der Waals surface area contributed by atoms with Gasteiger partial charge in [0.2, 0.25) is 0 Å². The Kier molecular flexibility index (Phi) is 8.01. The van der Waals surface area contributed by atoms with E-state index in [1.165, 1.54) is 4.57 Å². The van der Waals surface area contributed by atoms with Crippen LogP contribution in [-0.4, -0.2) is 58.6 Å². The van der Waals surface area contributed by atoms with Crippen LogP contribution in [-0.2, 0) is 36.3 Å². The SMILES string of the molecule is Cn1c2c(c(=O)n(CCOO)c1=O)N(Cc1ccc(Cl)cc1)C(Oc1cccc(CN3CCOCC3)c1)N2. The Hall–Kier alpha value is -3.35. The molecule has 1 saturated heterocycles. The minimum Gasteiger partial charge on any atom is -0.452 e. The fourth-order valence-corrected chi connectivity index (χ4v) is 4.85. The molecule has 38 heavy (non-hydrogen) atoms. The van der Waals surface area contributed by atoms with Crippen LogP contribution in [0.2, 0.25) is 5.02 Å². The maximum absolute atomic E-state index is 13.5. The molecule has 3 heterocycles. The molecule has 1 atom stereocenters. The molecular formula is C26H30ClN5O6. The van der Waals surface area contributed by atoms with E-state index in [-0.39, 0.29) is 18.8 Å². The molecule has 0 amide bonds. The molecule has 2 N–H and O–H groups in total. The molecule has 1 aromatic heterocycles. The van der Waals surface area contributed by atoms with Crippen molar-refractivity contribution in [1.82, 2.24) is 14.0 Å². The molecule has 0 radical (unpaired) electrons. The van der Waals surface area contributed by atoms with Gasteiger partial charge in [-0.2, -0.15) is 0 Å². The van der Waals surface area contributed by atoms with E-state index in [2.05, 4.69) is 21.2 Å². The van der Waals surface area contributed by atoms with Crippen molar-refractivity contribution in [2.24, 2.45) is 7.05 Å². The number of hydrogen-bond acceptors (Lipinski definition) is 9. The molecule has 2 aromatic carbocycles. The number of rotatable bonds is 9. The van der Waals surface area contributed by atoms with E-state index in [4.69, 9.17) is 26.3 Å². The van der Waals surface area contributed by atoms with Crippen molar-refractivity contribution in [3.8, 4) is 5.75 Å². The van der Waals surface area contributed by atoms with Gasteiger partial charge in [-0.25, -0.2) is 9.68 Å². The number of halogens is 1. The number of nitrogens with one attached hydrogen (secondary N) is 1. The highest BCUT2D eigenvalue weighted by Crippen LogP contribution is 2.33. The summed E-state index contributed by atoms with van der Waals surface area (Å²) in [5.74, 6) is 0.978. The third-order valence-corrected chi connectivity index (χ3v) is 6.94. The first kappa shape index (κ1) is 26.3. The maximum Gasteiger partial charge on any atom is 0.332 e. The van der Waals surface area contributed by atoms with Crippen LogP contribution in [0.5, 0.6) is 5.75 Å². The van der Waals surface area contributed by atoms with Crippen molar-refractivity contribution in [1.29, 1.82) is 0 Å². The van der Waals surface area contributed by atoms with E-state index in [0.29, 0.717) is 23.1 Å². The predicted octanol–water partition coefficient (Wildman–Crippen LogP) is 2.32. The molecule has 0 saturated carbocycles. The van der Waals surface area contributed by atoms with Gasteiger partial charge in [0, 0.05) is 38.2 Å². The van der Waals surface area contributed by atoms with Crippen molar-refractivity contribution in [2.75, 3.05) is 43.1 Å². The molecule has 3 aromatic rings. The summed E-state index contributed by atoms with van der Waals surface area (Å²) in [4.78, 5) is 34.7. The third kappa shape index (κ3) is 5.57. The fraction of sp³-hybridized carbons (Fsp3) is 0.385. The topological polar surface area (TPSA) is 110 Å². The number of anilines is 2. The lowest BCUT2D eigenvalue weighted by Gasteiger charge is -2.28. The molecule has 2 aliphatic heterocycles. The van der Waals surface area contributed by atoms with Gasteiger partial charge >= 0.3 is 5.69 Å². The monoisotopic (exact) mass is 543 g/mol. The molecule has 11 nitrogen and oxygen atoms in total. The maximum atomic E-state index is 13.5.